The third-order valence-corrected chi connectivity index (χ3v) is 3.18. The largest absolute Gasteiger partial charge is 0.466 e. The Kier molecular flexibility index (Phi) is 3.50. The summed E-state index contributed by atoms with van der Waals surface area (Å²) in [6.07, 6.45) is 3.25. The molecule has 1 N–H and O–H groups in total. The molecule has 0 spiro atoms. The van der Waals surface area contributed by atoms with Crippen molar-refractivity contribution in [1.29, 1.82) is 0 Å². The first-order valence-electron chi connectivity index (χ1n) is 5.79. The fourth-order valence-corrected chi connectivity index (χ4v) is 2.01. The summed E-state index contributed by atoms with van der Waals surface area (Å²) in [6, 6.07) is 2.76. The molecule has 6 nitrogen and oxygen atoms in total. The fourth-order valence-electron chi connectivity index (χ4n) is 2.01. The first kappa shape index (κ1) is 13.1. The predicted molar refractivity (Wildman–Crippen MR) is 68.0 cm³/mol. The van der Waals surface area contributed by atoms with Crippen LogP contribution in [0.15, 0.2) is 35.8 Å². The van der Waals surface area contributed by atoms with Crippen LogP contribution < -0.4 is 5.32 Å². The van der Waals surface area contributed by atoms with E-state index in [0.29, 0.717) is 11.3 Å². The van der Waals surface area contributed by atoms with Crippen molar-refractivity contribution in [2.75, 3.05) is 14.2 Å². The number of allylic oxidation sites excluding steroid dienone is 1. The molecule has 2 rings (SSSR count). The van der Waals surface area contributed by atoms with Gasteiger partial charge < -0.3 is 15.0 Å². The summed E-state index contributed by atoms with van der Waals surface area (Å²) in [5.74, 6) is -0.460. The van der Waals surface area contributed by atoms with E-state index in [1.807, 2.05) is 0 Å². The molecule has 0 aliphatic carbocycles. The predicted octanol–water partition coefficient (Wildman–Crippen LogP) is 1.22. The molecule has 0 saturated carbocycles. The number of hydrogen-bond acceptors (Lipinski definition) is 4. The highest BCUT2D eigenvalue weighted by molar-refractivity contribution is 5.94. The molecule has 0 fully saturated rings. The van der Waals surface area contributed by atoms with Gasteiger partial charge in [-0.15, -0.1) is 0 Å². The molecule has 1 unspecified atom stereocenters. The Morgan fingerprint density at radius 2 is 2.26 bits per heavy atom. The molecule has 19 heavy (non-hydrogen) atoms. The number of pyridine rings is 1. The highest BCUT2D eigenvalue weighted by Gasteiger charge is 2.34. The maximum absolute atomic E-state index is 11.9. The van der Waals surface area contributed by atoms with Gasteiger partial charge in [0, 0.05) is 25.1 Å². The lowest BCUT2D eigenvalue weighted by Gasteiger charge is -2.32. The van der Waals surface area contributed by atoms with Crippen LogP contribution in [0.2, 0.25) is 0 Å². The second kappa shape index (κ2) is 5.09. The number of carbonyl (C=O) groups excluding carboxylic acids is 2. The van der Waals surface area contributed by atoms with E-state index in [0.717, 1.165) is 5.56 Å². The molecule has 0 bridgehead atoms. The number of nitrogens with one attached hydrogen (secondary N) is 1. The minimum Gasteiger partial charge on any atom is -0.466 e. The van der Waals surface area contributed by atoms with Crippen LogP contribution in [0, 0.1) is 0 Å². The van der Waals surface area contributed by atoms with Crippen molar-refractivity contribution in [1.82, 2.24) is 15.2 Å². The number of rotatable bonds is 2. The number of nitrogens with zero attached hydrogens (tertiary/aromatic N) is 2. The van der Waals surface area contributed by atoms with Crippen molar-refractivity contribution in [3.63, 3.8) is 0 Å². The molecule has 2 heterocycles. The molecule has 1 aliphatic rings. The zero-order chi connectivity index (χ0) is 14.0. The van der Waals surface area contributed by atoms with Gasteiger partial charge in [0.05, 0.1) is 18.7 Å². The number of carbonyl (C=O) groups is 2. The van der Waals surface area contributed by atoms with Crippen LogP contribution >= 0.6 is 0 Å². The minimum atomic E-state index is -0.537. The first-order chi connectivity index (χ1) is 9.06. The van der Waals surface area contributed by atoms with Gasteiger partial charge in [0.25, 0.3) is 0 Å². The molecule has 0 radical (unpaired) electrons. The number of methoxy groups -OCH3 is 1. The Labute approximate surface area is 111 Å². The zero-order valence-corrected chi connectivity index (χ0v) is 11.0. The van der Waals surface area contributed by atoms with Gasteiger partial charge >= 0.3 is 12.0 Å². The Bertz CT molecular complexity index is 539. The molecule has 1 aromatic heterocycles. The number of hydrogen-bond donors (Lipinski definition) is 1. The van der Waals surface area contributed by atoms with Gasteiger partial charge in [0.1, 0.15) is 0 Å². The van der Waals surface area contributed by atoms with E-state index >= 15 is 0 Å². The minimum absolute atomic E-state index is 0.265. The standard InChI is InChI=1S/C13H15N3O3/c1-8-10(12(17)19-3)11(15-13(18)16(8)2)9-5-4-6-14-7-9/h4-7,11H,1-3H3,(H,15,18). The van der Waals surface area contributed by atoms with Crippen molar-refractivity contribution in [2.45, 2.75) is 13.0 Å². The summed E-state index contributed by atoms with van der Waals surface area (Å²) in [7, 11) is 2.92. The molecule has 1 aliphatic heterocycles. The van der Waals surface area contributed by atoms with E-state index in [4.69, 9.17) is 4.74 Å². The number of urea groups is 1. The average molecular weight is 261 g/mol. The van der Waals surface area contributed by atoms with Crippen LogP contribution in [0.4, 0.5) is 4.79 Å². The summed E-state index contributed by atoms with van der Waals surface area (Å²) < 4.78 is 4.80. The molecule has 1 aromatic rings. The third kappa shape index (κ3) is 2.29. The van der Waals surface area contributed by atoms with E-state index in [1.165, 1.54) is 12.0 Å². The van der Waals surface area contributed by atoms with Crippen LogP contribution in [0.3, 0.4) is 0 Å². The molecule has 0 aromatic carbocycles. The van der Waals surface area contributed by atoms with E-state index in [1.54, 1.807) is 38.5 Å². The molecule has 100 valence electrons. The Hall–Kier alpha value is -2.37. The van der Waals surface area contributed by atoms with Gasteiger partial charge in [0.2, 0.25) is 0 Å². The van der Waals surface area contributed by atoms with Gasteiger partial charge in [0.15, 0.2) is 0 Å². The molecule has 2 amide bonds. The van der Waals surface area contributed by atoms with Gasteiger partial charge in [-0.25, -0.2) is 9.59 Å². The Morgan fingerprint density at radius 1 is 1.53 bits per heavy atom. The zero-order valence-electron chi connectivity index (χ0n) is 11.0. The number of amides is 2. The maximum Gasteiger partial charge on any atom is 0.337 e. The third-order valence-electron chi connectivity index (χ3n) is 3.18. The van der Waals surface area contributed by atoms with Crippen molar-refractivity contribution in [3.05, 3.63) is 41.4 Å². The van der Waals surface area contributed by atoms with Crippen molar-refractivity contribution < 1.29 is 14.3 Å². The Balaban J connectivity index is 2.52. The van der Waals surface area contributed by atoms with Crippen LogP contribution in [-0.2, 0) is 9.53 Å². The molecule has 1 atom stereocenters. The molecule has 6 heteroatoms. The highest BCUT2D eigenvalue weighted by Crippen LogP contribution is 2.29. The smallest absolute Gasteiger partial charge is 0.337 e. The summed E-state index contributed by atoms with van der Waals surface area (Å²) >= 11 is 0. The molecule has 0 saturated heterocycles. The fraction of sp³-hybridized carbons (Fsp3) is 0.308. The second-order valence-corrected chi connectivity index (χ2v) is 4.22. The quantitative estimate of drug-likeness (QED) is 0.813. The van der Waals surface area contributed by atoms with E-state index < -0.39 is 12.0 Å². The topological polar surface area (TPSA) is 71.5 Å². The molecular weight excluding hydrogens is 246 g/mol. The lowest BCUT2D eigenvalue weighted by atomic mass is 9.96. The van der Waals surface area contributed by atoms with Crippen LogP contribution in [0.25, 0.3) is 0 Å². The van der Waals surface area contributed by atoms with Crippen molar-refractivity contribution >= 4 is 12.0 Å². The van der Waals surface area contributed by atoms with Gasteiger partial charge in [-0.05, 0) is 18.6 Å². The Morgan fingerprint density at radius 3 is 2.84 bits per heavy atom. The average Bonchev–Trinajstić information content (AvgIpc) is 2.44. The second-order valence-electron chi connectivity index (χ2n) is 4.22. The van der Waals surface area contributed by atoms with Crippen molar-refractivity contribution in [2.24, 2.45) is 0 Å². The highest BCUT2D eigenvalue weighted by atomic mass is 16.5. The SMILES string of the molecule is COC(=O)C1=C(C)N(C)C(=O)NC1c1cccnc1. The lowest BCUT2D eigenvalue weighted by Crippen LogP contribution is -2.46. The molecular formula is C13H15N3O3. The van der Waals surface area contributed by atoms with Crippen LogP contribution in [0.1, 0.15) is 18.5 Å². The van der Waals surface area contributed by atoms with E-state index in [9.17, 15) is 9.59 Å². The van der Waals surface area contributed by atoms with Gasteiger partial charge in [-0.3, -0.25) is 4.98 Å². The monoisotopic (exact) mass is 261 g/mol. The van der Waals surface area contributed by atoms with E-state index in [-0.39, 0.29) is 6.03 Å². The van der Waals surface area contributed by atoms with Crippen LogP contribution in [0.5, 0.6) is 0 Å². The summed E-state index contributed by atoms with van der Waals surface area (Å²) in [5.41, 5.74) is 1.73. The van der Waals surface area contributed by atoms with Gasteiger partial charge in [-0.2, -0.15) is 0 Å². The number of esters is 1. The summed E-state index contributed by atoms with van der Waals surface area (Å²) in [5, 5.41) is 2.77. The number of aromatic nitrogens is 1. The summed E-state index contributed by atoms with van der Waals surface area (Å²) in [4.78, 5) is 29.2. The van der Waals surface area contributed by atoms with Crippen molar-refractivity contribution in [3.8, 4) is 0 Å². The lowest BCUT2D eigenvalue weighted by molar-refractivity contribution is -0.136. The number of ether oxygens (including phenoxy) is 1. The van der Waals surface area contributed by atoms with E-state index in [2.05, 4.69) is 10.3 Å². The normalized spacial score (nSPS) is 19.2. The maximum atomic E-state index is 11.9. The summed E-state index contributed by atoms with van der Waals surface area (Å²) in [6.45, 7) is 1.72. The van der Waals surface area contributed by atoms with Crippen LogP contribution in [-0.4, -0.2) is 36.0 Å². The van der Waals surface area contributed by atoms with Gasteiger partial charge in [-0.1, -0.05) is 6.07 Å². The first-order valence-corrected chi connectivity index (χ1v) is 5.79.